The molecule has 4 unspecified atom stereocenters. The van der Waals surface area contributed by atoms with Crippen LogP contribution >= 0.6 is 17.0 Å². The van der Waals surface area contributed by atoms with E-state index in [0.29, 0.717) is 44.3 Å². The summed E-state index contributed by atoms with van der Waals surface area (Å²) >= 11 is -0.826. The number of allylic oxidation sites excluding steroid dienone is 27. The predicted octanol–water partition coefficient (Wildman–Crippen LogP) is 36.3. The molecule has 0 radical (unpaired) electrons. The quantitative estimate of drug-likeness (QED) is 0.0380. The Morgan fingerprint density at radius 1 is 0.345 bits per heavy atom. The molecular weight excluding hydrogens is 1910 g/mol. The second kappa shape index (κ2) is 59.2. The van der Waals surface area contributed by atoms with Gasteiger partial charge in [0.15, 0.2) is 0 Å². The third-order valence-electron chi connectivity index (χ3n) is 25.6. The number of hydrogen-bond donors (Lipinski definition) is 0. The topological polar surface area (TPSA) is 0 Å². The molecule has 0 saturated heterocycles. The monoisotopic (exact) mass is 2070 g/mol. The van der Waals surface area contributed by atoms with Gasteiger partial charge in [0.1, 0.15) is 0 Å². The minimum Gasteiger partial charge on any atom is 4.00 e. The Morgan fingerprint density at radius 3 is 0.974 bits per heavy atom. The minimum absolute atomic E-state index is 0. The first-order chi connectivity index (χ1) is 46.9. The van der Waals surface area contributed by atoms with Crippen molar-refractivity contribution in [2.45, 2.75) is 258 Å². The fourth-order valence-corrected chi connectivity index (χ4v) is 37.2. The van der Waals surface area contributed by atoms with Crippen molar-refractivity contribution in [1.29, 1.82) is 0 Å². The van der Waals surface area contributed by atoms with E-state index in [2.05, 4.69) is 321 Å². The Hall–Kier alpha value is -1.79. The van der Waals surface area contributed by atoms with Crippen LogP contribution < -0.4 is 0 Å². The van der Waals surface area contributed by atoms with Gasteiger partial charge in [-0.25, -0.2) is 0 Å². The van der Waals surface area contributed by atoms with Gasteiger partial charge in [0.05, 0.1) is 32.3 Å². The van der Waals surface area contributed by atoms with Gasteiger partial charge in [-0.2, -0.15) is 0 Å². The molecule has 8 aliphatic carbocycles. The van der Waals surface area contributed by atoms with Gasteiger partial charge in [0, 0.05) is 11.1 Å². The summed E-state index contributed by atoms with van der Waals surface area (Å²) in [5.41, 5.74) is 42.9. The van der Waals surface area contributed by atoms with E-state index in [1.807, 2.05) is 6.08 Å². The second-order valence-electron chi connectivity index (χ2n) is 32.9. The predicted molar refractivity (Wildman–Crippen MR) is 540 cm³/mol. The molecule has 0 aromatic heterocycles. The normalized spacial score (nSPS) is 17.7. The van der Waals surface area contributed by atoms with Crippen molar-refractivity contribution < 1.29 is 99.1 Å². The van der Waals surface area contributed by atoms with Crippen molar-refractivity contribution in [3.63, 3.8) is 0 Å². The standard InChI is InChI=1S/C24H34Si.C23H26Si.C23H30Si.C22H34Si.14CH3.2ClH.Hf.3Zr/c1-9-12-20-19(6)24(22-14-11-10-13-21(20)22)25(7,8)23-17(4)15(2)16(3)18(23)5;1-4-9-17-14-15-18(16-17)24(2,3)23-21-12-7-5-10-19(21)20-11-6-8-13-22(20)23;1-16-17(2)19(4)23(18(16)3)24(5,6)22-13-12-21(15-22)14-20-10-8-7-9-11-20;1-8-9-10-11-12-20-13-14-21(15-20)23(6,7)22-18(4)16(2)17(3)19(22)5;;;;;;;;;;;;;;;;;;;;/h10-11,13-14,23-24H,9,12H2,1-8H3;5-8,10-16,18,23H,4,9H2,1-3H3;7-13,15,22-23H,14H2,1-6H3;8,13-15,21-22H,1,9-12H2,2-7H3;14*1H3;2*1H;;;;/q;;;;14*-1;;;4*+4/p-2. The first-order valence-electron chi connectivity index (χ1n) is 37.7. The van der Waals surface area contributed by atoms with E-state index in [4.69, 9.17) is 17.0 Å². The van der Waals surface area contributed by atoms with E-state index in [1.165, 1.54) is 78.4 Å². The summed E-state index contributed by atoms with van der Waals surface area (Å²) in [6.07, 6.45) is 35.3. The van der Waals surface area contributed by atoms with Gasteiger partial charge in [-0.3, -0.25) is 0 Å². The zero-order valence-corrected chi connectivity index (χ0v) is 97.5. The molecule has 4 aromatic carbocycles. The first-order valence-corrected chi connectivity index (χ1v) is 56.6. The summed E-state index contributed by atoms with van der Waals surface area (Å²) in [6, 6.07) is 38.2. The van der Waals surface area contributed by atoms with Gasteiger partial charge >= 0.3 is 116 Å². The van der Waals surface area contributed by atoms with Gasteiger partial charge in [0.2, 0.25) is 0 Å². The van der Waals surface area contributed by atoms with E-state index in [0.717, 1.165) is 12.8 Å². The van der Waals surface area contributed by atoms with Crippen LogP contribution in [0.15, 0.2) is 260 Å². The third kappa shape index (κ3) is 29.1. The first kappa shape index (κ1) is 135. The van der Waals surface area contributed by atoms with Gasteiger partial charge in [-0.05, 0) is 252 Å². The molecule has 0 bridgehead atoms. The van der Waals surface area contributed by atoms with Crippen LogP contribution in [0.1, 0.15) is 194 Å². The summed E-state index contributed by atoms with van der Waals surface area (Å²) in [6.45, 7) is 59.7. The molecule has 10 heteroatoms. The molecule has 0 nitrogen and oxygen atoms in total. The number of unbranched alkanes of at least 4 members (excludes halogenated alkanes) is 2. The molecular formula is C106H166Cl2HfSi4Zr3. The molecule has 4 aromatic rings. The van der Waals surface area contributed by atoms with Crippen LogP contribution in [0.25, 0.3) is 16.7 Å². The molecule has 0 spiro atoms. The van der Waals surface area contributed by atoms with Crippen molar-refractivity contribution in [2.24, 2.45) is 0 Å². The Balaban J connectivity index is -0.000000152. The molecule has 0 N–H and O–H groups in total. The van der Waals surface area contributed by atoms with E-state index in [1.54, 1.807) is 100 Å². The Labute approximate surface area is 805 Å². The molecule has 4 atom stereocenters. The molecule has 116 heavy (non-hydrogen) atoms. The van der Waals surface area contributed by atoms with Gasteiger partial charge in [0.25, 0.3) is 0 Å². The van der Waals surface area contributed by atoms with Crippen LogP contribution in [-0.2, 0) is 106 Å². The van der Waals surface area contributed by atoms with Crippen LogP contribution in [0.3, 0.4) is 0 Å². The second-order valence-corrected chi connectivity index (χ2v) is 56.1. The zero-order chi connectivity index (χ0) is 72.6. The molecule has 0 aliphatic heterocycles. The number of hydrogen-bond acceptors (Lipinski definition) is 0. The van der Waals surface area contributed by atoms with Crippen molar-refractivity contribution in [3.8, 4) is 11.1 Å². The summed E-state index contributed by atoms with van der Waals surface area (Å²) in [5, 5.41) is 0. The van der Waals surface area contributed by atoms with Crippen molar-refractivity contribution in [3.05, 3.63) is 391 Å². The van der Waals surface area contributed by atoms with Crippen LogP contribution in [0, 0.1) is 104 Å². The summed E-state index contributed by atoms with van der Waals surface area (Å²) in [7, 11) is 3.77. The van der Waals surface area contributed by atoms with E-state index < -0.39 is 53.1 Å². The molecule has 0 heterocycles. The van der Waals surface area contributed by atoms with Crippen molar-refractivity contribution in [1.82, 2.24) is 0 Å². The summed E-state index contributed by atoms with van der Waals surface area (Å²) < 4.78 is 0. The van der Waals surface area contributed by atoms with Crippen molar-refractivity contribution in [2.75, 3.05) is 0 Å². The maximum atomic E-state index is 4.93. The van der Waals surface area contributed by atoms with Crippen LogP contribution in [0.2, 0.25) is 85.6 Å². The van der Waals surface area contributed by atoms with Gasteiger partial charge in [-0.15, -0.1) is 6.58 Å². The molecule has 636 valence electrons. The van der Waals surface area contributed by atoms with Crippen molar-refractivity contribution >= 4 is 54.9 Å². The molecule has 0 fully saturated rings. The molecule has 8 aliphatic rings. The fraction of sp³-hybridized carbons (Fsp3) is 0.377. The van der Waals surface area contributed by atoms with Crippen LogP contribution in [0.5, 0.6) is 0 Å². The minimum atomic E-state index is -1.61. The van der Waals surface area contributed by atoms with Crippen LogP contribution in [-0.4, -0.2) is 32.3 Å². The number of halogens is 2. The zero-order valence-electron chi connectivity index (χ0n) is 81.0. The number of rotatable bonds is 19. The van der Waals surface area contributed by atoms with Crippen LogP contribution in [0.4, 0.5) is 0 Å². The largest absolute Gasteiger partial charge is 4.00 e. The molecule has 0 saturated carbocycles. The Kier molecular flexibility index (Phi) is 68.8. The smallest absolute Gasteiger partial charge is 4.00 e. The van der Waals surface area contributed by atoms with Gasteiger partial charge < -0.3 is 104 Å². The molecule has 0 amide bonds. The summed E-state index contributed by atoms with van der Waals surface area (Å²) in [4.78, 5) is 0. The Bertz CT molecular complexity index is 3960. The maximum Gasteiger partial charge on any atom is 4.00 e. The Morgan fingerprint density at radius 2 is 0.629 bits per heavy atom. The average molecular weight is 2080 g/mol. The SMILES string of the molecule is C=CCCCCC1=CC([Si](C)(C)C2C(C)=C(C)C(C)=C2C)C=C1.CC1=C(C)C([Si](C)(C)C2C=CC(Cc3ccccc3)=C2)C(C)=C1C.CCCC1=C(C)C([Si](C)(C)C2C(C)=C(C)C(C)=C2C)c2ccccc21.CCCC1=CC([Si](C)(C)C2c3ccccc3-c3ccccc32)C=C1.[CH3-].[CH3-].[CH3-].[CH3-].[CH3-].[CH3-].[CH3-].[CH3-].[CH3-].[CH3-].[CH3-].[CH3-].[CH3-].[CH3-].[Cl][Zr+2][Cl].[Hf+4].[Zr+4].[Zr+4]. The number of benzene rings is 4. The average Bonchev–Trinajstić information content (AvgIpc) is 1.59. The fourth-order valence-electron chi connectivity index (χ4n) is 19.6. The maximum absolute atomic E-state index is 4.93. The summed E-state index contributed by atoms with van der Waals surface area (Å²) in [5.74, 6) is 0. The van der Waals surface area contributed by atoms with E-state index in [9.17, 15) is 0 Å². The van der Waals surface area contributed by atoms with E-state index in [-0.39, 0.29) is 182 Å². The van der Waals surface area contributed by atoms with Gasteiger partial charge in [-0.1, -0.05) is 293 Å². The number of fused-ring (bicyclic) bond motifs is 4. The molecule has 12 rings (SSSR count). The van der Waals surface area contributed by atoms with E-state index >= 15 is 0 Å². The third-order valence-corrected chi connectivity index (χ3v) is 43.3.